The molecule has 0 amide bonds. The fraction of sp³-hybridized carbons (Fsp3) is 0.444. The largest absolute Gasteiger partial charge is 0.394 e. The molecule has 0 aromatic carbocycles. The first kappa shape index (κ1) is 11.1. The van der Waals surface area contributed by atoms with Crippen LogP contribution in [0.25, 0.3) is 11.2 Å². The first-order valence-electron chi connectivity index (χ1n) is 5.62. The van der Waals surface area contributed by atoms with Crippen LogP contribution in [0.2, 0.25) is 0 Å². The van der Waals surface area contributed by atoms with Crippen LogP contribution >= 0.6 is 0 Å². The molecule has 0 bridgehead atoms. The van der Waals surface area contributed by atoms with Crippen LogP contribution in [-0.2, 0) is 11.5 Å². The molecule has 0 atom stereocenters. The Balaban J connectivity index is 2.37. The summed E-state index contributed by atoms with van der Waals surface area (Å²) in [6.45, 7) is -0.920. The summed E-state index contributed by atoms with van der Waals surface area (Å²) in [4.78, 5) is 21.5. The summed E-state index contributed by atoms with van der Waals surface area (Å²) in [5.41, 5.74) is 4.97. The molecule has 0 saturated carbocycles. The van der Waals surface area contributed by atoms with Gasteiger partial charge in [-0.1, -0.05) is 0 Å². The Morgan fingerprint density at radius 1 is 1.61 bits per heavy atom. The number of anilines is 1. The molecule has 18 heavy (non-hydrogen) atoms. The van der Waals surface area contributed by atoms with Gasteiger partial charge < -0.3 is 20.7 Å². The Bertz CT molecular complexity index is 635. The second-order valence-electron chi connectivity index (χ2n) is 3.55. The highest BCUT2D eigenvalue weighted by atomic mass is 16.5. The van der Waals surface area contributed by atoms with Crippen molar-refractivity contribution in [3.63, 3.8) is 0 Å². The first-order valence-corrected chi connectivity index (χ1v) is 5.12. The summed E-state index contributed by atoms with van der Waals surface area (Å²) >= 11 is 0. The first-order chi connectivity index (χ1) is 9.06. The number of nitrogens with one attached hydrogen (secondary N) is 1. The number of nitrogens with zero attached hydrogens (tertiary/aromatic N) is 3. The van der Waals surface area contributed by atoms with Gasteiger partial charge in [-0.25, -0.2) is 4.98 Å². The molecule has 0 aliphatic heterocycles. The molecule has 2 rings (SSSR count). The maximum Gasteiger partial charge on any atom is 0.280 e. The summed E-state index contributed by atoms with van der Waals surface area (Å²) in [5, 5.41) is 17.8. The van der Waals surface area contributed by atoms with Crippen LogP contribution in [0.5, 0.6) is 0 Å². The Labute approximate surface area is 102 Å². The molecule has 9 nitrogen and oxygen atoms in total. The van der Waals surface area contributed by atoms with Crippen LogP contribution in [0.15, 0.2) is 11.1 Å². The molecular formula is C9H13N5O4. The van der Waals surface area contributed by atoms with Crippen molar-refractivity contribution < 1.29 is 16.3 Å². The minimum Gasteiger partial charge on any atom is -0.394 e. The lowest BCUT2D eigenvalue weighted by atomic mass is 10.4. The van der Waals surface area contributed by atoms with Crippen molar-refractivity contribution in [2.24, 2.45) is 0 Å². The van der Waals surface area contributed by atoms with Crippen molar-refractivity contribution in [1.29, 1.82) is 0 Å². The van der Waals surface area contributed by atoms with E-state index in [9.17, 15) is 4.79 Å². The van der Waals surface area contributed by atoms with Crippen LogP contribution in [0.1, 0.15) is 1.37 Å². The fourth-order valence-electron chi connectivity index (χ4n) is 1.35. The normalized spacial score (nSPS) is 12.3. The minimum absolute atomic E-state index is 0.0210. The summed E-state index contributed by atoms with van der Waals surface area (Å²) in [7, 11) is 0. The smallest absolute Gasteiger partial charge is 0.280 e. The van der Waals surface area contributed by atoms with E-state index in [0.29, 0.717) is 0 Å². The number of aromatic nitrogens is 4. The molecule has 98 valence electrons. The van der Waals surface area contributed by atoms with Gasteiger partial charge >= 0.3 is 0 Å². The van der Waals surface area contributed by atoms with Crippen molar-refractivity contribution in [3.05, 3.63) is 16.7 Å². The number of aromatic amines is 1. The van der Waals surface area contributed by atoms with Crippen molar-refractivity contribution >= 4 is 17.1 Å². The molecule has 0 radical (unpaired) electrons. The number of aliphatic hydroxyl groups excluding tert-OH is 2. The molecule has 0 fully saturated rings. The van der Waals surface area contributed by atoms with Gasteiger partial charge in [-0.15, -0.1) is 0 Å². The number of rotatable bonds is 5. The number of fused-ring (bicyclic) bond motifs is 1. The maximum absolute atomic E-state index is 11.6. The zero-order valence-electron chi connectivity index (χ0n) is 10.3. The fourth-order valence-corrected chi connectivity index (χ4v) is 1.35. The second kappa shape index (κ2) is 5.12. The Kier molecular flexibility index (Phi) is 3.17. The number of imidazole rings is 1. The summed E-state index contributed by atoms with van der Waals surface area (Å²) < 4.78 is 14.0. The van der Waals surface area contributed by atoms with Gasteiger partial charge in [-0.2, -0.15) is 4.98 Å². The zero-order chi connectivity index (χ0) is 14.0. The van der Waals surface area contributed by atoms with E-state index in [1.165, 1.54) is 4.57 Å². The Morgan fingerprint density at radius 2 is 2.33 bits per heavy atom. The average Bonchev–Trinajstić information content (AvgIpc) is 2.68. The van der Waals surface area contributed by atoms with Crippen LogP contribution in [0.4, 0.5) is 5.95 Å². The summed E-state index contributed by atoms with van der Waals surface area (Å²) in [6.07, 6.45) is -1.01. The standard InChI is InChI=1S/C9H13N5O4/c10-9-12-7-6(8(17)13-9)11-3-14(7)4-18-5(1-15)2-16/h3,5,15-16H,1-2,4H2,(H3,10,12,13,17)/i3T. The molecule has 2 aromatic heterocycles. The molecule has 0 saturated heterocycles. The molecule has 0 aliphatic carbocycles. The van der Waals surface area contributed by atoms with E-state index < -0.39 is 11.7 Å². The van der Waals surface area contributed by atoms with E-state index in [2.05, 4.69) is 15.0 Å². The van der Waals surface area contributed by atoms with Gasteiger partial charge in [0.05, 0.1) is 19.5 Å². The van der Waals surface area contributed by atoms with Crippen molar-refractivity contribution in [3.8, 4) is 0 Å². The number of hydrogen-bond donors (Lipinski definition) is 4. The van der Waals surface area contributed by atoms with Gasteiger partial charge in [0.15, 0.2) is 11.2 Å². The topological polar surface area (TPSA) is 139 Å². The highest BCUT2D eigenvalue weighted by Crippen LogP contribution is 2.07. The lowest BCUT2D eigenvalue weighted by Gasteiger charge is -2.12. The van der Waals surface area contributed by atoms with Crippen molar-refractivity contribution in [2.45, 2.75) is 12.8 Å². The van der Waals surface area contributed by atoms with Crippen molar-refractivity contribution in [2.75, 3.05) is 18.9 Å². The van der Waals surface area contributed by atoms with Gasteiger partial charge in [0, 0.05) is 0 Å². The van der Waals surface area contributed by atoms with E-state index in [1.54, 1.807) is 0 Å². The maximum atomic E-state index is 11.6. The molecular weight excluding hydrogens is 242 g/mol. The third-order valence-corrected chi connectivity index (χ3v) is 2.28. The van der Waals surface area contributed by atoms with Crippen LogP contribution in [0, 0.1) is 0 Å². The van der Waals surface area contributed by atoms with Gasteiger partial charge in [0.2, 0.25) is 5.95 Å². The van der Waals surface area contributed by atoms with Gasteiger partial charge in [0.25, 0.3) is 5.56 Å². The molecule has 0 aliphatic rings. The highest BCUT2D eigenvalue weighted by Gasteiger charge is 2.11. The average molecular weight is 257 g/mol. The molecule has 5 N–H and O–H groups in total. The molecule has 9 heteroatoms. The lowest BCUT2D eigenvalue weighted by Crippen LogP contribution is -2.23. The predicted molar refractivity (Wildman–Crippen MR) is 61.6 cm³/mol. The van der Waals surface area contributed by atoms with E-state index in [1.807, 2.05) is 0 Å². The number of ether oxygens (including phenoxy) is 1. The monoisotopic (exact) mass is 257 g/mol. The quantitative estimate of drug-likeness (QED) is 0.487. The third-order valence-electron chi connectivity index (χ3n) is 2.28. The van der Waals surface area contributed by atoms with Crippen LogP contribution in [-0.4, -0.2) is 49.0 Å². The minimum atomic E-state index is -0.781. The van der Waals surface area contributed by atoms with Gasteiger partial charge in [-0.05, 0) is 0 Å². The Hall–Kier alpha value is -1.97. The van der Waals surface area contributed by atoms with Gasteiger partial charge in [0.1, 0.15) is 14.2 Å². The third kappa shape index (κ3) is 2.32. The Morgan fingerprint density at radius 3 is 3.00 bits per heavy atom. The van der Waals surface area contributed by atoms with Crippen molar-refractivity contribution in [1.82, 2.24) is 19.5 Å². The van der Waals surface area contributed by atoms with E-state index in [0.717, 1.165) is 0 Å². The molecule has 2 heterocycles. The zero-order valence-corrected chi connectivity index (χ0v) is 9.33. The molecule has 0 unspecified atom stereocenters. The molecule has 2 aromatic rings. The number of aliphatic hydroxyl groups is 2. The van der Waals surface area contributed by atoms with E-state index >= 15 is 0 Å². The number of nitrogens with two attached hydrogens (primary N) is 1. The van der Waals surface area contributed by atoms with E-state index in [-0.39, 0.29) is 43.4 Å². The predicted octanol–water partition coefficient (Wildman–Crippen LogP) is -1.97. The summed E-state index contributed by atoms with van der Waals surface area (Å²) in [5.74, 6) is -0.0977. The number of H-pyrrole nitrogens is 1. The summed E-state index contributed by atoms with van der Waals surface area (Å²) in [6, 6.07) is 0. The van der Waals surface area contributed by atoms with E-state index in [4.69, 9.17) is 22.1 Å². The van der Waals surface area contributed by atoms with Crippen LogP contribution < -0.4 is 11.3 Å². The number of nitrogen functional groups attached to an aromatic ring is 1. The highest BCUT2D eigenvalue weighted by molar-refractivity contribution is 5.70. The van der Waals surface area contributed by atoms with Gasteiger partial charge in [-0.3, -0.25) is 14.3 Å². The van der Waals surface area contributed by atoms with Crippen LogP contribution in [0.3, 0.4) is 0 Å². The SMILES string of the molecule is [3H]c1nc2c(=O)[nH]c(N)nc2n1COC(CO)CO. The second-order valence-corrected chi connectivity index (χ2v) is 3.55. The lowest BCUT2D eigenvalue weighted by molar-refractivity contribution is -0.0488. The molecule has 0 spiro atoms. The number of hydrogen-bond acceptors (Lipinski definition) is 7.